The van der Waals surface area contributed by atoms with Gasteiger partial charge in [-0.05, 0) is 85.4 Å². The van der Waals surface area contributed by atoms with E-state index >= 15 is 0 Å². The van der Waals surface area contributed by atoms with Crippen LogP contribution in [-0.2, 0) is 14.3 Å². The Hall–Kier alpha value is -6.18. The second-order valence-corrected chi connectivity index (χ2v) is 17.0. The van der Waals surface area contributed by atoms with Gasteiger partial charge in [-0.2, -0.15) is 0 Å². The number of amides is 4. The number of imidazole rings is 2. The number of methoxy groups -OCH3 is 1. The summed E-state index contributed by atoms with van der Waals surface area (Å²) in [5.74, 6) is 0.773. The Kier molecular flexibility index (Phi) is 12.0. The van der Waals surface area contributed by atoms with Crippen molar-refractivity contribution in [3.8, 4) is 33.6 Å². The molecule has 7 rings (SSSR count). The van der Waals surface area contributed by atoms with Crippen molar-refractivity contribution in [2.75, 3.05) is 14.2 Å². The highest BCUT2D eigenvalue weighted by Gasteiger charge is 2.43. The summed E-state index contributed by atoms with van der Waals surface area (Å²) in [4.78, 5) is 72.9. The van der Waals surface area contributed by atoms with Gasteiger partial charge in [-0.1, -0.05) is 76.2 Å². The summed E-state index contributed by atoms with van der Waals surface area (Å²) in [6.07, 6.45) is 5.15. The third-order valence-electron chi connectivity index (χ3n) is 12.3. The van der Waals surface area contributed by atoms with Crippen molar-refractivity contribution < 1.29 is 29.0 Å². The first-order chi connectivity index (χ1) is 28.7. The van der Waals surface area contributed by atoms with Gasteiger partial charge < -0.3 is 34.9 Å². The third kappa shape index (κ3) is 8.19. The first kappa shape index (κ1) is 42.0. The number of carbonyl (C=O) groups is 4. The number of nitrogens with one attached hydrogen (secondary N) is 3. The number of hydrogen-bond acceptors (Lipinski definition) is 7. The zero-order valence-electron chi connectivity index (χ0n) is 35.6. The van der Waals surface area contributed by atoms with Crippen LogP contribution in [0.2, 0.25) is 0 Å². The number of carbonyl (C=O) groups excluding carboxylic acids is 3. The van der Waals surface area contributed by atoms with Crippen molar-refractivity contribution >= 4 is 34.8 Å². The fourth-order valence-electron chi connectivity index (χ4n) is 9.01. The van der Waals surface area contributed by atoms with Gasteiger partial charge >= 0.3 is 12.2 Å². The number of likely N-dealkylation sites (tertiary alicyclic amines) is 2. The lowest BCUT2D eigenvalue weighted by Gasteiger charge is -2.36. The number of nitrogens with zero attached hydrogens (tertiary/aromatic N) is 5. The Morgan fingerprint density at radius 2 is 1.20 bits per heavy atom. The number of likely N-dealkylation sites (N-methyl/N-ethyl adjacent to an activating group) is 1. The van der Waals surface area contributed by atoms with Gasteiger partial charge in [-0.3, -0.25) is 14.5 Å². The summed E-state index contributed by atoms with van der Waals surface area (Å²) in [5, 5.41) is 14.6. The molecule has 0 aliphatic carbocycles. The number of fused-ring (bicyclic) bond motifs is 1. The Bertz CT molecular complexity index is 2370. The number of alkyl carbamates (subject to hydrolysis) is 1. The Morgan fingerprint density at radius 1 is 0.717 bits per heavy atom. The lowest BCUT2D eigenvalue weighted by atomic mass is 9.98. The monoisotopic (exact) mass is 816 g/mol. The molecule has 0 radical (unpaired) electrons. The van der Waals surface area contributed by atoms with Crippen LogP contribution in [0.3, 0.4) is 0 Å². The van der Waals surface area contributed by atoms with E-state index < -0.39 is 24.3 Å². The van der Waals surface area contributed by atoms with E-state index in [0.29, 0.717) is 5.82 Å². The normalized spacial score (nSPS) is 20.2. The van der Waals surface area contributed by atoms with E-state index in [1.165, 1.54) is 14.2 Å². The molecule has 14 nitrogen and oxygen atoms in total. The molecule has 5 aromatic rings. The number of hydrogen-bond donors (Lipinski definition) is 4. The average molecular weight is 817 g/mol. The maximum absolute atomic E-state index is 13.8. The molecule has 0 spiro atoms. The van der Waals surface area contributed by atoms with Crippen LogP contribution in [0.1, 0.15) is 91.0 Å². The predicted octanol–water partition coefficient (Wildman–Crippen LogP) is 8.41. The largest absolute Gasteiger partial charge is 0.465 e. The van der Waals surface area contributed by atoms with Crippen LogP contribution >= 0.6 is 0 Å². The predicted molar refractivity (Wildman–Crippen MR) is 230 cm³/mol. The smallest absolute Gasteiger partial charge is 0.407 e. The molecule has 2 aliphatic heterocycles. The van der Waals surface area contributed by atoms with E-state index in [4.69, 9.17) is 14.7 Å². The van der Waals surface area contributed by atoms with Crippen LogP contribution in [-0.4, -0.2) is 102 Å². The zero-order chi connectivity index (χ0) is 43.0. The molecular weight excluding hydrogens is 761 g/mol. The molecule has 4 amide bonds. The van der Waals surface area contributed by atoms with Crippen LogP contribution in [0.15, 0.2) is 73.1 Å². The van der Waals surface area contributed by atoms with Crippen molar-refractivity contribution in [1.82, 2.24) is 40.0 Å². The van der Waals surface area contributed by atoms with E-state index in [0.717, 1.165) is 80.8 Å². The van der Waals surface area contributed by atoms with E-state index in [1.807, 2.05) is 75.9 Å². The molecule has 0 bridgehead atoms. The molecule has 2 fully saturated rings. The van der Waals surface area contributed by atoms with Crippen LogP contribution in [0, 0.1) is 11.8 Å². The lowest BCUT2D eigenvalue weighted by molar-refractivity contribution is -0.140. The highest BCUT2D eigenvalue weighted by atomic mass is 16.5. The molecule has 3 aromatic carbocycles. The van der Waals surface area contributed by atoms with Gasteiger partial charge in [0.15, 0.2) is 0 Å². The fraction of sp³-hybridized carbons (Fsp3) is 0.435. The number of benzene rings is 3. The van der Waals surface area contributed by atoms with E-state index in [-0.39, 0.29) is 47.8 Å². The molecule has 4 heterocycles. The molecule has 6 atom stereocenters. The topological polar surface area (TPSA) is 177 Å². The number of aromatic nitrogens is 4. The SMILES string of the molecule is COC(=O)N[C@H](C(=O)N1[C@@H](C)CC[C@H]1c1nc(-c2ccc3cc(-c4ccc(-c5c[nH]c([C@@H]6CC[C@H](C)N6C(=O)[C@H](C(C)C)N(C)C(=O)O)n5)cc4)ccc3c2)c[nH]1)C(C)C. The maximum atomic E-state index is 13.8. The second-order valence-electron chi connectivity index (χ2n) is 17.0. The Labute approximate surface area is 350 Å². The van der Waals surface area contributed by atoms with Crippen molar-refractivity contribution in [3.63, 3.8) is 0 Å². The standard InChI is InChI=1S/C46H56N8O6/c1-25(2)39(51-45(57)60-8)43(55)53-27(5)9-19-37(53)41-48-24-36(50-41)34-18-17-32-21-31(15-16-33(32)22-34)29-11-13-30(14-12-29)35-23-47-42(49-35)38-20-10-28(6)54(38)44(56)40(26(3)4)52(7)46(58)59/h11-18,21-28,37-40H,9-10,19-20H2,1-8H3,(H,47,49)(H,48,50)(H,51,57)(H,58,59)/t27-,28-,37-,38-,39-,40-/m0/s1. The minimum absolute atomic E-state index is 0.00348. The minimum atomic E-state index is -1.13. The lowest BCUT2D eigenvalue weighted by Crippen LogP contribution is -2.53. The first-order valence-corrected chi connectivity index (χ1v) is 20.9. The summed E-state index contributed by atoms with van der Waals surface area (Å²) in [6.45, 7) is 11.6. The fourth-order valence-corrected chi connectivity index (χ4v) is 9.01. The first-order valence-electron chi connectivity index (χ1n) is 20.9. The molecule has 0 saturated carbocycles. The molecule has 4 N–H and O–H groups in total. The third-order valence-corrected chi connectivity index (χ3v) is 12.3. The van der Waals surface area contributed by atoms with Gasteiger partial charge in [0.25, 0.3) is 0 Å². The van der Waals surface area contributed by atoms with Gasteiger partial charge in [0.1, 0.15) is 23.7 Å². The molecule has 316 valence electrons. The highest BCUT2D eigenvalue weighted by molar-refractivity contribution is 5.91. The molecule has 2 saturated heterocycles. The van der Waals surface area contributed by atoms with Gasteiger partial charge in [-0.15, -0.1) is 0 Å². The van der Waals surface area contributed by atoms with Crippen molar-refractivity contribution in [1.29, 1.82) is 0 Å². The van der Waals surface area contributed by atoms with E-state index in [2.05, 4.69) is 63.8 Å². The number of H-pyrrole nitrogens is 2. The summed E-state index contributed by atoms with van der Waals surface area (Å²) in [5.41, 5.74) is 5.61. The summed E-state index contributed by atoms with van der Waals surface area (Å²) in [7, 11) is 2.75. The average Bonchev–Trinajstić information content (AvgIpc) is 4.06. The Morgan fingerprint density at radius 3 is 1.72 bits per heavy atom. The number of ether oxygens (including phenoxy) is 1. The van der Waals surface area contributed by atoms with E-state index in [1.54, 1.807) is 0 Å². The highest BCUT2D eigenvalue weighted by Crippen LogP contribution is 2.39. The number of aromatic amines is 2. The molecular formula is C46H56N8O6. The van der Waals surface area contributed by atoms with Crippen molar-refractivity contribution in [2.24, 2.45) is 11.8 Å². The quantitative estimate of drug-likeness (QED) is 0.103. The van der Waals surface area contributed by atoms with E-state index in [9.17, 15) is 24.3 Å². The number of rotatable bonds is 11. The molecule has 60 heavy (non-hydrogen) atoms. The molecule has 2 aromatic heterocycles. The maximum Gasteiger partial charge on any atom is 0.407 e. The summed E-state index contributed by atoms with van der Waals surface area (Å²) < 4.78 is 4.79. The van der Waals surface area contributed by atoms with Gasteiger partial charge in [0.05, 0.1) is 30.6 Å². The van der Waals surface area contributed by atoms with Crippen LogP contribution in [0.5, 0.6) is 0 Å². The number of carboxylic acid groups (broad SMARTS) is 1. The van der Waals surface area contributed by atoms with Gasteiger partial charge in [-0.25, -0.2) is 19.6 Å². The summed E-state index contributed by atoms with van der Waals surface area (Å²) in [6, 6.07) is 18.9. The molecule has 2 aliphatic rings. The van der Waals surface area contributed by atoms with Gasteiger partial charge in [0.2, 0.25) is 11.8 Å². The molecule has 0 unspecified atom stereocenters. The zero-order valence-corrected chi connectivity index (χ0v) is 35.6. The second kappa shape index (κ2) is 17.2. The summed E-state index contributed by atoms with van der Waals surface area (Å²) >= 11 is 0. The van der Waals surface area contributed by atoms with Crippen LogP contribution in [0.25, 0.3) is 44.4 Å². The van der Waals surface area contributed by atoms with Gasteiger partial charge in [0, 0.05) is 42.7 Å². The van der Waals surface area contributed by atoms with Crippen molar-refractivity contribution in [3.05, 3.63) is 84.7 Å². The van der Waals surface area contributed by atoms with Crippen molar-refractivity contribution in [2.45, 2.75) is 103 Å². The van der Waals surface area contributed by atoms with Crippen LogP contribution < -0.4 is 5.32 Å². The minimum Gasteiger partial charge on any atom is -0.465 e. The Balaban J connectivity index is 1.05. The molecule has 14 heteroatoms. The van der Waals surface area contributed by atoms with Crippen LogP contribution in [0.4, 0.5) is 9.59 Å².